The van der Waals surface area contributed by atoms with E-state index in [2.05, 4.69) is 10.3 Å². The van der Waals surface area contributed by atoms with E-state index in [0.29, 0.717) is 10.6 Å². The molecule has 0 saturated heterocycles. The third kappa shape index (κ3) is 2.69. The van der Waals surface area contributed by atoms with Crippen molar-refractivity contribution in [3.05, 3.63) is 71.1 Å². The van der Waals surface area contributed by atoms with E-state index in [1.807, 2.05) is 37.3 Å². The summed E-state index contributed by atoms with van der Waals surface area (Å²) in [6.07, 6.45) is 1.61. The Bertz CT molecular complexity index is 789. The highest BCUT2D eigenvalue weighted by Gasteiger charge is 2.14. The van der Waals surface area contributed by atoms with Crippen LogP contribution in [0, 0.1) is 5.82 Å². The van der Waals surface area contributed by atoms with Crippen LogP contribution in [0.4, 0.5) is 10.1 Å². The second-order valence-corrected chi connectivity index (χ2v) is 5.29. The summed E-state index contributed by atoms with van der Waals surface area (Å²) >= 11 is 6.26. The largest absolute Gasteiger partial charge is 0.377 e. The van der Waals surface area contributed by atoms with E-state index in [1.54, 1.807) is 18.3 Å². The molecule has 1 atom stereocenters. The van der Waals surface area contributed by atoms with E-state index in [4.69, 9.17) is 11.6 Å². The predicted molar refractivity (Wildman–Crippen MR) is 85.2 cm³/mol. The first-order valence-electron chi connectivity index (χ1n) is 6.71. The van der Waals surface area contributed by atoms with Crippen LogP contribution in [-0.2, 0) is 0 Å². The Morgan fingerprint density at radius 2 is 1.81 bits per heavy atom. The highest BCUT2D eigenvalue weighted by Crippen LogP contribution is 2.32. The molecule has 3 aromatic rings. The lowest BCUT2D eigenvalue weighted by molar-refractivity contribution is 0.600. The van der Waals surface area contributed by atoms with Gasteiger partial charge in [0, 0.05) is 17.1 Å². The second kappa shape index (κ2) is 5.70. The normalized spacial score (nSPS) is 12.3. The molecular weight excluding hydrogens is 287 g/mol. The van der Waals surface area contributed by atoms with Gasteiger partial charge in [-0.15, -0.1) is 0 Å². The molecule has 1 unspecified atom stereocenters. The van der Waals surface area contributed by atoms with Crippen molar-refractivity contribution in [3.8, 4) is 0 Å². The zero-order valence-electron chi connectivity index (χ0n) is 11.5. The Labute approximate surface area is 127 Å². The number of nitrogens with zero attached hydrogens (tertiary/aromatic N) is 1. The van der Waals surface area contributed by atoms with Crippen LogP contribution in [0.1, 0.15) is 18.5 Å². The molecule has 2 aromatic carbocycles. The third-order valence-electron chi connectivity index (χ3n) is 3.46. The van der Waals surface area contributed by atoms with Crippen molar-refractivity contribution in [2.75, 3.05) is 5.32 Å². The van der Waals surface area contributed by atoms with Crippen LogP contribution in [0.2, 0.25) is 5.02 Å². The molecule has 3 rings (SSSR count). The first kappa shape index (κ1) is 13.8. The quantitative estimate of drug-likeness (QED) is 0.719. The monoisotopic (exact) mass is 300 g/mol. The molecule has 0 fully saturated rings. The number of hydrogen-bond donors (Lipinski definition) is 1. The molecule has 0 spiro atoms. The molecule has 0 aliphatic heterocycles. The molecule has 0 aliphatic rings. The maximum atomic E-state index is 13.9. The van der Waals surface area contributed by atoms with Gasteiger partial charge >= 0.3 is 0 Å². The SMILES string of the molecule is CC(Nc1c(Cl)cnc2ccccc12)c1ccccc1F. The zero-order valence-corrected chi connectivity index (χ0v) is 12.2. The van der Waals surface area contributed by atoms with Crippen molar-refractivity contribution in [2.45, 2.75) is 13.0 Å². The molecule has 4 heteroatoms. The van der Waals surface area contributed by atoms with Gasteiger partial charge in [0.15, 0.2) is 0 Å². The van der Waals surface area contributed by atoms with Crippen molar-refractivity contribution < 1.29 is 4.39 Å². The minimum absolute atomic E-state index is 0.200. The lowest BCUT2D eigenvalue weighted by Crippen LogP contribution is -2.09. The van der Waals surface area contributed by atoms with E-state index in [0.717, 1.165) is 16.6 Å². The van der Waals surface area contributed by atoms with Gasteiger partial charge in [0.25, 0.3) is 0 Å². The summed E-state index contributed by atoms with van der Waals surface area (Å²) in [4.78, 5) is 4.29. The molecule has 0 bridgehead atoms. The average molecular weight is 301 g/mol. The van der Waals surface area contributed by atoms with Gasteiger partial charge in [-0.1, -0.05) is 48.0 Å². The summed E-state index contributed by atoms with van der Waals surface area (Å²) in [6, 6.07) is 14.3. The lowest BCUT2D eigenvalue weighted by atomic mass is 10.1. The number of aromatic nitrogens is 1. The van der Waals surface area contributed by atoms with Crippen molar-refractivity contribution in [1.82, 2.24) is 4.98 Å². The van der Waals surface area contributed by atoms with Crippen LogP contribution >= 0.6 is 11.6 Å². The number of pyridine rings is 1. The van der Waals surface area contributed by atoms with Gasteiger partial charge in [-0.25, -0.2) is 4.39 Å². The van der Waals surface area contributed by atoms with E-state index in [9.17, 15) is 4.39 Å². The first-order chi connectivity index (χ1) is 10.2. The Hall–Kier alpha value is -2.13. The molecule has 1 aromatic heterocycles. The van der Waals surface area contributed by atoms with Crippen molar-refractivity contribution in [3.63, 3.8) is 0 Å². The van der Waals surface area contributed by atoms with Crippen LogP contribution < -0.4 is 5.32 Å². The van der Waals surface area contributed by atoms with Crippen LogP contribution in [0.25, 0.3) is 10.9 Å². The van der Waals surface area contributed by atoms with E-state index >= 15 is 0 Å². The van der Waals surface area contributed by atoms with Gasteiger partial charge < -0.3 is 5.32 Å². The molecule has 2 nitrogen and oxygen atoms in total. The lowest BCUT2D eigenvalue weighted by Gasteiger charge is -2.18. The fraction of sp³-hybridized carbons (Fsp3) is 0.118. The third-order valence-corrected chi connectivity index (χ3v) is 3.75. The standard InChI is InChI=1S/C17H14ClFN2/c1-11(12-6-2-4-8-15(12)19)21-17-13-7-3-5-9-16(13)20-10-14(17)18/h2-11H,1H3,(H,20,21). The highest BCUT2D eigenvalue weighted by atomic mass is 35.5. The number of rotatable bonds is 3. The number of benzene rings is 2. The van der Waals surface area contributed by atoms with Crippen LogP contribution in [0.15, 0.2) is 54.7 Å². The molecule has 1 heterocycles. The zero-order chi connectivity index (χ0) is 14.8. The molecule has 0 saturated carbocycles. The number of halogens is 2. The minimum atomic E-state index is -0.230. The summed E-state index contributed by atoms with van der Waals surface area (Å²) in [5, 5.41) is 4.75. The summed E-state index contributed by atoms with van der Waals surface area (Å²) in [5.74, 6) is -0.230. The summed E-state index contributed by atoms with van der Waals surface area (Å²) < 4.78 is 13.9. The summed E-state index contributed by atoms with van der Waals surface area (Å²) in [6.45, 7) is 1.91. The maximum absolute atomic E-state index is 13.9. The van der Waals surface area contributed by atoms with E-state index in [-0.39, 0.29) is 11.9 Å². The van der Waals surface area contributed by atoms with Gasteiger partial charge in [0.1, 0.15) is 5.82 Å². The average Bonchev–Trinajstić information content (AvgIpc) is 2.50. The smallest absolute Gasteiger partial charge is 0.128 e. The Balaban J connectivity index is 2.02. The first-order valence-corrected chi connectivity index (χ1v) is 7.09. The number of nitrogens with one attached hydrogen (secondary N) is 1. The molecule has 0 amide bonds. The van der Waals surface area contributed by atoms with Gasteiger partial charge in [0.05, 0.1) is 22.3 Å². The number of anilines is 1. The molecule has 21 heavy (non-hydrogen) atoms. The van der Waals surface area contributed by atoms with Crippen LogP contribution in [0.3, 0.4) is 0 Å². The second-order valence-electron chi connectivity index (χ2n) is 4.89. The highest BCUT2D eigenvalue weighted by molar-refractivity contribution is 6.34. The molecule has 0 radical (unpaired) electrons. The molecule has 1 N–H and O–H groups in total. The molecular formula is C17H14ClFN2. The van der Waals surface area contributed by atoms with Gasteiger partial charge in [-0.3, -0.25) is 4.98 Å². The van der Waals surface area contributed by atoms with Gasteiger partial charge in [-0.05, 0) is 19.1 Å². The molecule has 0 aliphatic carbocycles. The van der Waals surface area contributed by atoms with Crippen LogP contribution in [-0.4, -0.2) is 4.98 Å². The fourth-order valence-corrected chi connectivity index (χ4v) is 2.59. The maximum Gasteiger partial charge on any atom is 0.128 e. The van der Waals surface area contributed by atoms with E-state index in [1.165, 1.54) is 6.07 Å². The van der Waals surface area contributed by atoms with Crippen molar-refractivity contribution >= 4 is 28.2 Å². The number of fused-ring (bicyclic) bond motifs is 1. The Morgan fingerprint density at radius 3 is 2.62 bits per heavy atom. The molecule has 106 valence electrons. The Kier molecular flexibility index (Phi) is 3.76. The topological polar surface area (TPSA) is 24.9 Å². The number of hydrogen-bond acceptors (Lipinski definition) is 2. The Morgan fingerprint density at radius 1 is 1.10 bits per heavy atom. The van der Waals surface area contributed by atoms with Crippen molar-refractivity contribution in [2.24, 2.45) is 0 Å². The van der Waals surface area contributed by atoms with Gasteiger partial charge in [-0.2, -0.15) is 0 Å². The minimum Gasteiger partial charge on any atom is -0.377 e. The fourth-order valence-electron chi connectivity index (χ4n) is 2.38. The van der Waals surface area contributed by atoms with Gasteiger partial charge in [0.2, 0.25) is 0 Å². The summed E-state index contributed by atoms with van der Waals surface area (Å²) in [7, 11) is 0. The number of para-hydroxylation sites is 1. The van der Waals surface area contributed by atoms with E-state index < -0.39 is 0 Å². The summed E-state index contributed by atoms with van der Waals surface area (Å²) in [5.41, 5.74) is 2.23. The van der Waals surface area contributed by atoms with Crippen molar-refractivity contribution in [1.29, 1.82) is 0 Å². The van der Waals surface area contributed by atoms with Crippen LogP contribution in [0.5, 0.6) is 0 Å². The predicted octanol–water partition coefficient (Wildman–Crippen LogP) is 5.20.